The van der Waals surface area contributed by atoms with Crippen molar-refractivity contribution in [3.05, 3.63) is 54.4 Å². The second kappa shape index (κ2) is 8.87. The van der Waals surface area contributed by atoms with Crippen molar-refractivity contribution in [3.8, 4) is 17.3 Å². The molecule has 4 heterocycles. The first-order chi connectivity index (χ1) is 16.2. The summed E-state index contributed by atoms with van der Waals surface area (Å²) in [5.74, 6) is -0.561. The Kier molecular flexibility index (Phi) is 5.95. The first kappa shape index (κ1) is 22.8. The molecule has 4 rings (SSSR count). The minimum Gasteiger partial charge on any atom is -0.387 e. The summed E-state index contributed by atoms with van der Waals surface area (Å²) in [7, 11) is 1.76. The summed E-state index contributed by atoms with van der Waals surface area (Å²) >= 11 is 0. The Labute approximate surface area is 193 Å². The van der Waals surface area contributed by atoms with E-state index < -0.39 is 17.7 Å². The highest BCUT2D eigenvalue weighted by Crippen LogP contribution is 2.28. The molecule has 0 unspecified atom stereocenters. The molecule has 11 nitrogen and oxygen atoms in total. The van der Waals surface area contributed by atoms with Gasteiger partial charge >= 0.3 is 0 Å². The van der Waals surface area contributed by atoms with Crippen LogP contribution in [0.2, 0.25) is 0 Å². The first-order valence-electron chi connectivity index (χ1n) is 10.3. The van der Waals surface area contributed by atoms with Crippen LogP contribution in [-0.2, 0) is 7.05 Å². The van der Waals surface area contributed by atoms with Crippen molar-refractivity contribution in [3.63, 3.8) is 0 Å². The minimum atomic E-state index is -1.65. The SMILES string of the molecule is Cn1cc(Nc2cc(-c3cnn4cc(C#N)cnc34)ncc2C(=O)NC[C@@H](F)C(C)(C)O)cn1. The fourth-order valence-electron chi connectivity index (χ4n) is 3.17. The number of pyridine rings is 1. The number of nitrogens with zero attached hydrogens (tertiary/aromatic N) is 7. The summed E-state index contributed by atoms with van der Waals surface area (Å²) in [6, 6.07) is 3.67. The van der Waals surface area contributed by atoms with Gasteiger partial charge in [-0.25, -0.2) is 13.9 Å². The standard InChI is InChI=1S/C22H22FN9O2/c1-22(2,34)19(23)10-27-21(33)16-8-25-17(4-18(16)30-14-7-28-31(3)12-14)15-9-29-32-11-13(5-24)6-26-20(15)32/h4,6-9,11-12,19,34H,10H2,1-3H3,(H,25,30)(H,27,33)/t19-/m1/s1. The van der Waals surface area contributed by atoms with Gasteiger partial charge in [0.1, 0.15) is 12.2 Å². The van der Waals surface area contributed by atoms with Crippen LogP contribution in [0.15, 0.2) is 43.2 Å². The van der Waals surface area contributed by atoms with Crippen molar-refractivity contribution in [2.45, 2.75) is 25.6 Å². The zero-order chi connectivity index (χ0) is 24.5. The number of hydrogen-bond acceptors (Lipinski definition) is 8. The molecular weight excluding hydrogens is 441 g/mol. The molecule has 1 amide bonds. The number of fused-ring (bicyclic) bond motifs is 1. The van der Waals surface area contributed by atoms with E-state index in [2.05, 4.69) is 30.8 Å². The lowest BCUT2D eigenvalue weighted by molar-refractivity contribution is -0.00177. The number of amides is 1. The van der Waals surface area contributed by atoms with E-state index >= 15 is 0 Å². The van der Waals surface area contributed by atoms with Crippen molar-refractivity contribution in [2.24, 2.45) is 7.05 Å². The van der Waals surface area contributed by atoms with Crippen LogP contribution in [0.5, 0.6) is 0 Å². The van der Waals surface area contributed by atoms with Crippen LogP contribution < -0.4 is 10.6 Å². The monoisotopic (exact) mass is 463 g/mol. The number of rotatable bonds is 7. The minimum absolute atomic E-state index is 0.173. The maximum Gasteiger partial charge on any atom is 0.255 e. The smallest absolute Gasteiger partial charge is 0.255 e. The number of alkyl halides is 1. The molecule has 0 bridgehead atoms. The van der Waals surface area contributed by atoms with Crippen LogP contribution in [0.25, 0.3) is 16.9 Å². The third kappa shape index (κ3) is 4.69. The molecule has 0 saturated heterocycles. The number of nitrogens with one attached hydrogen (secondary N) is 2. The number of carbonyl (C=O) groups is 1. The largest absolute Gasteiger partial charge is 0.387 e. The van der Waals surface area contributed by atoms with Gasteiger partial charge in [0.25, 0.3) is 5.91 Å². The second-order valence-electron chi connectivity index (χ2n) is 8.25. The molecule has 0 spiro atoms. The quantitative estimate of drug-likeness (QED) is 0.377. The van der Waals surface area contributed by atoms with Gasteiger partial charge in [0, 0.05) is 25.6 Å². The van der Waals surface area contributed by atoms with Crippen LogP contribution in [0.4, 0.5) is 15.8 Å². The fourth-order valence-corrected chi connectivity index (χ4v) is 3.17. The summed E-state index contributed by atoms with van der Waals surface area (Å²) in [4.78, 5) is 21.5. The average molecular weight is 463 g/mol. The molecule has 0 saturated carbocycles. The third-order valence-corrected chi connectivity index (χ3v) is 5.10. The topological polar surface area (TPSA) is 146 Å². The molecule has 3 N–H and O–H groups in total. The van der Waals surface area contributed by atoms with Gasteiger partial charge in [0.15, 0.2) is 5.65 Å². The van der Waals surface area contributed by atoms with Gasteiger partial charge in [0.05, 0.1) is 64.5 Å². The van der Waals surface area contributed by atoms with Crippen LogP contribution in [0, 0.1) is 11.3 Å². The lowest BCUT2D eigenvalue weighted by Gasteiger charge is -2.22. The highest BCUT2D eigenvalue weighted by Gasteiger charge is 2.27. The summed E-state index contributed by atoms with van der Waals surface area (Å²) in [6.45, 7) is 2.30. The molecule has 0 radical (unpaired) electrons. The molecule has 34 heavy (non-hydrogen) atoms. The van der Waals surface area contributed by atoms with Crippen LogP contribution >= 0.6 is 0 Å². The number of carbonyl (C=O) groups excluding carboxylic acids is 1. The Morgan fingerprint density at radius 1 is 1.24 bits per heavy atom. The summed E-state index contributed by atoms with van der Waals surface area (Å²) in [5, 5.41) is 32.9. The van der Waals surface area contributed by atoms with Gasteiger partial charge in [0.2, 0.25) is 0 Å². The van der Waals surface area contributed by atoms with Gasteiger partial charge < -0.3 is 15.7 Å². The molecule has 0 fully saturated rings. The second-order valence-corrected chi connectivity index (χ2v) is 8.25. The Hall–Kier alpha value is -4.37. The van der Waals surface area contributed by atoms with E-state index in [1.54, 1.807) is 42.6 Å². The molecular formula is C22H22FN9O2. The van der Waals surface area contributed by atoms with Crippen LogP contribution in [-0.4, -0.2) is 58.7 Å². The van der Waals surface area contributed by atoms with Crippen molar-refractivity contribution in [1.29, 1.82) is 5.26 Å². The lowest BCUT2D eigenvalue weighted by Crippen LogP contribution is -2.42. The zero-order valence-corrected chi connectivity index (χ0v) is 18.7. The number of aryl methyl sites for hydroxylation is 1. The number of aliphatic hydroxyl groups is 1. The zero-order valence-electron chi connectivity index (χ0n) is 18.7. The molecule has 174 valence electrons. The Morgan fingerprint density at radius 2 is 2.03 bits per heavy atom. The molecule has 0 aromatic carbocycles. The molecule has 4 aromatic rings. The number of halogens is 1. The van der Waals surface area contributed by atoms with E-state index in [0.29, 0.717) is 33.8 Å². The number of anilines is 2. The maximum atomic E-state index is 14.1. The Morgan fingerprint density at radius 3 is 2.71 bits per heavy atom. The van der Waals surface area contributed by atoms with Gasteiger partial charge in [-0.2, -0.15) is 15.5 Å². The Balaban J connectivity index is 1.70. The normalized spacial score (nSPS) is 12.4. The van der Waals surface area contributed by atoms with Crippen molar-refractivity contribution in [2.75, 3.05) is 11.9 Å². The summed E-state index contributed by atoms with van der Waals surface area (Å²) < 4.78 is 17.2. The van der Waals surface area contributed by atoms with E-state index in [-0.39, 0.29) is 12.1 Å². The van der Waals surface area contributed by atoms with Crippen molar-refractivity contribution >= 4 is 22.9 Å². The van der Waals surface area contributed by atoms with Crippen LogP contribution in [0.1, 0.15) is 29.8 Å². The highest BCUT2D eigenvalue weighted by molar-refractivity contribution is 6.00. The number of hydrogen-bond donors (Lipinski definition) is 3. The number of nitriles is 1. The predicted molar refractivity (Wildman–Crippen MR) is 121 cm³/mol. The Bertz CT molecular complexity index is 1400. The predicted octanol–water partition coefficient (Wildman–Crippen LogP) is 1.98. The van der Waals surface area contributed by atoms with Crippen LogP contribution in [0.3, 0.4) is 0 Å². The molecule has 1 atom stereocenters. The van der Waals surface area contributed by atoms with Gasteiger partial charge in [-0.15, -0.1) is 0 Å². The van der Waals surface area contributed by atoms with E-state index in [9.17, 15) is 14.3 Å². The first-order valence-corrected chi connectivity index (χ1v) is 10.3. The van der Waals surface area contributed by atoms with E-state index in [1.165, 1.54) is 30.8 Å². The highest BCUT2D eigenvalue weighted by atomic mass is 19.1. The van der Waals surface area contributed by atoms with E-state index in [4.69, 9.17) is 5.26 Å². The lowest BCUT2D eigenvalue weighted by atomic mass is 10.0. The van der Waals surface area contributed by atoms with Crippen molar-refractivity contribution in [1.82, 2.24) is 34.7 Å². The van der Waals surface area contributed by atoms with E-state index in [0.717, 1.165) is 0 Å². The molecule has 0 aliphatic heterocycles. The van der Waals surface area contributed by atoms with Gasteiger partial charge in [-0.05, 0) is 19.9 Å². The molecule has 4 aromatic heterocycles. The fraction of sp³-hybridized carbons (Fsp3) is 0.273. The summed E-state index contributed by atoms with van der Waals surface area (Å²) in [5.41, 5.74) is 1.54. The number of aromatic nitrogens is 6. The van der Waals surface area contributed by atoms with Gasteiger partial charge in [-0.3, -0.25) is 14.5 Å². The average Bonchev–Trinajstić information content (AvgIpc) is 3.41. The molecule has 0 aliphatic carbocycles. The van der Waals surface area contributed by atoms with Gasteiger partial charge in [-0.1, -0.05) is 0 Å². The molecule has 0 aliphatic rings. The maximum absolute atomic E-state index is 14.1. The molecule has 12 heteroatoms. The summed E-state index contributed by atoms with van der Waals surface area (Å²) in [6.07, 6.45) is 7.60. The van der Waals surface area contributed by atoms with E-state index in [1.807, 2.05) is 6.07 Å². The van der Waals surface area contributed by atoms with Crippen molar-refractivity contribution < 1.29 is 14.3 Å². The third-order valence-electron chi connectivity index (χ3n) is 5.10.